The molecular formula is C44H40O6S. The zero-order valence-corrected chi connectivity index (χ0v) is 29.8. The second kappa shape index (κ2) is 14.3. The van der Waals surface area contributed by atoms with Gasteiger partial charge in [-0.1, -0.05) is 79.7 Å². The molecular weight excluding hydrogens is 657 g/mol. The molecule has 258 valence electrons. The predicted octanol–water partition coefficient (Wildman–Crippen LogP) is 10.2. The summed E-state index contributed by atoms with van der Waals surface area (Å²) in [6.45, 7) is 7.60. The number of rotatable bonds is 11. The molecule has 0 saturated heterocycles. The Bertz CT molecular complexity index is 2240. The van der Waals surface area contributed by atoms with E-state index in [9.17, 15) is 19.2 Å². The third kappa shape index (κ3) is 7.77. The van der Waals surface area contributed by atoms with Crippen LogP contribution in [-0.4, -0.2) is 19.7 Å². The van der Waals surface area contributed by atoms with E-state index >= 15 is 0 Å². The van der Waals surface area contributed by atoms with Gasteiger partial charge in [0.25, 0.3) is 0 Å². The van der Waals surface area contributed by atoms with Gasteiger partial charge >= 0.3 is 0 Å². The van der Waals surface area contributed by atoms with Gasteiger partial charge in [0.1, 0.15) is 38.1 Å². The number of phenolic OH excluding ortho intramolecular Hbond substituents is 1. The SMILES string of the molecule is CCC(C)(Oc1ccc(S(=O)(=C=O)c2ccc(Oc3ccc(-c4ccc(C(C)(C)O)cc4)cc3)cc2)cc1)c1ccc(-c2ccc(O)cc2)cc1. The summed E-state index contributed by atoms with van der Waals surface area (Å²) in [7, 11) is -3.32. The first-order chi connectivity index (χ1) is 24.4. The second-order valence-electron chi connectivity index (χ2n) is 13.2. The highest BCUT2D eigenvalue weighted by atomic mass is 32.2. The average molecular weight is 697 g/mol. The van der Waals surface area contributed by atoms with Gasteiger partial charge < -0.3 is 19.7 Å². The molecule has 2 N–H and O–H groups in total. The molecule has 6 nitrogen and oxygen atoms in total. The maximum absolute atomic E-state index is 14.0. The van der Waals surface area contributed by atoms with Crippen LogP contribution in [0.15, 0.2) is 155 Å². The van der Waals surface area contributed by atoms with Gasteiger partial charge in [-0.3, -0.25) is 0 Å². The zero-order chi connectivity index (χ0) is 36.2. The largest absolute Gasteiger partial charge is 0.508 e. The van der Waals surface area contributed by atoms with Crippen molar-refractivity contribution in [2.75, 3.05) is 0 Å². The van der Waals surface area contributed by atoms with E-state index in [1.165, 1.54) is 0 Å². The fourth-order valence-electron chi connectivity index (χ4n) is 5.82. The summed E-state index contributed by atoms with van der Waals surface area (Å²) >= 11 is 0. The minimum atomic E-state index is -3.32. The van der Waals surface area contributed by atoms with Crippen LogP contribution in [0.5, 0.6) is 23.0 Å². The molecule has 0 radical (unpaired) electrons. The van der Waals surface area contributed by atoms with Gasteiger partial charge in [0.05, 0.1) is 5.60 Å². The Balaban J connectivity index is 1.12. The second-order valence-corrected chi connectivity index (χ2v) is 15.4. The third-order valence-corrected chi connectivity index (χ3v) is 11.3. The Hall–Kier alpha value is -5.59. The van der Waals surface area contributed by atoms with Crippen LogP contribution >= 0.6 is 0 Å². The summed E-state index contributed by atoms with van der Waals surface area (Å²) in [6.07, 6.45) is 0.697. The summed E-state index contributed by atoms with van der Waals surface area (Å²) in [5.74, 6) is 1.97. The monoisotopic (exact) mass is 696 g/mol. The highest BCUT2D eigenvalue weighted by Gasteiger charge is 2.27. The first-order valence-corrected chi connectivity index (χ1v) is 18.3. The van der Waals surface area contributed by atoms with Crippen LogP contribution in [0.1, 0.15) is 45.2 Å². The van der Waals surface area contributed by atoms with Gasteiger partial charge in [0.2, 0.25) is 0 Å². The van der Waals surface area contributed by atoms with Crippen molar-refractivity contribution in [3.8, 4) is 45.3 Å². The third-order valence-electron chi connectivity index (χ3n) is 9.16. The number of carbonyl (C=O) groups excluding carboxylic acids is 1. The lowest BCUT2D eigenvalue weighted by molar-refractivity contribution is 0.0786. The van der Waals surface area contributed by atoms with E-state index in [2.05, 4.69) is 6.92 Å². The van der Waals surface area contributed by atoms with Gasteiger partial charge in [-0.15, -0.1) is 0 Å². The Morgan fingerprint density at radius 3 is 1.35 bits per heavy atom. The normalized spacial score (nSPS) is 13.7. The molecule has 6 rings (SSSR count). The van der Waals surface area contributed by atoms with Gasteiger partial charge in [0, 0.05) is 9.79 Å². The van der Waals surface area contributed by atoms with Crippen molar-refractivity contribution in [3.05, 3.63) is 157 Å². The number of aromatic hydroxyl groups is 1. The average Bonchev–Trinajstić information content (AvgIpc) is 3.15. The molecule has 0 bridgehead atoms. The molecule has 0 aliphatic rings. The molecule has 2 atom stereocenters. The Morgan fingerprint density at radius 2 is 0.941 bits per heavy atom. The van der Waals surface area contributed by atoms with E-state index in [0.29, 0.717) is 33.5 Å². The fourth-order valence-corrected chi connectivity index (χ4v) is 7.32. The van der Waals surface area contributed by atoms with E-state index in [1.807, 2.05) is 97.1 Å². The lowest BCUT2D eigenvalue weighted by Crippen LogP contribution is -2.28. The van der Waals surface area contributed by atoms with Crippen molar-refractivity contribution >= 4 is 14.8 Å². The number of ether oxygens (including phenoxy) is 2. The molecule has 6 aromatic rings. The highest BCUT2D eigenvalue weighted by molar-refractivity contribution is 8.00. The van der Waals surface area contributed by atoms with Crippen molar-refractivity contribution in [2.24, 2.45) is 0 Å². The number of hydrogen-bond acceptors (Lipinski definition) is 6. The Kier molecular flexibility index (Phi) is 9.91. The lowest BCUT2D eigenvalue weighted by atomic mass is 9.91. The van der Waals surface area contributed by atoms with Crippen molar-refractivity contribution < 1.29 is 28.7 Å². The van der Waals surface area contributed by atoms with Crippen LogP contribution < -0.4 is 9.47 Å². The van der Waals surface area contributed by atoms with Crippen LogP contribution in [0.2, 0.25) is 0 Å². The molecule has 2 unspecified atom stereocenters. The first kappa shape index (κ1) is 35.2. The number of benzene rings is 6. The molecule has 0 aliphatic heterocycles. The van der Waals surface area contributed by atoms with Gasteiger partial charge in [0.15, 0.2) is 5.23 Å². The Labute approximate surface area is 299 Å². The molecule has 7 heteroatoms. The first-order valence-electron chi connectivity index (χ1n) is 16.7. The summed E-state index contributed by atoms with van der Waals surface area (Å²) in [5.41, 5.74) is 4.38. The minimum absolute atomic E-state index is 0.227. The zero-order valence-electron chi connectivity index (χ0n) is 29.0. The van der Waals surface area contributed by atoms with Crippen molar-refractivity contribution in [2.45, 2.75) is 55.1 Å². The molecule has 0 saturated carbocycles. The van der Waals surface area contributed by atoms with Crippen LogP contribution in [0.25, 0.3) is 22.3 Å². The maximum Gasteiger partial charge on any atom is 0.195 e. The predicted molar refractivity (Wildman–Crippen MR) is 202 cm³/mol. The summed E-state index contributed by atoms with van der Waals surface area (Å²) in [6, 6.07) is 44.1. The summed E-state index contributed by atoms with van der Waals surface area (Å²) in [4.78, 5) is 12.9. The standard InChI is InChI=1S/C44H40O6S/c1-5-44(4,36-16-8-32(9-17-36)33-10-18-37(46)19-11-33)50-40-24-28-42(29-25-40)51(48,30-45)41-26-22-39(23-27-41)49-38-20-12-34(13-21-38)31-6-14-35(15-7-31)43(2,3)47/h6-29,46-47H,5H2,1-4H3. The van der Waals surface area contributed by atoms with Gasteiger partial charge in [-0.05, 0) is 133 Å². The number of aliphatic hydroxyl groups is 1. The van der Waals surface area contributed by atoms with Crippen LogP contribution in [-0.2, 0) is 25.5 Å². The summed E-state index contributed by atoms with van der Waals surface area (Å²) < 4.78 is 26.5. The van der Waals surface area contributed by atoms with E-state index in [4.69, 9.17) is 9.47 Å². The van der Waals surface area contributed by atoms with Gasteiger partial charge in [-0.2, -0.15) is 0 Å². The van der Waals surface area contributed by atoms with E-state index in [1.54, 1.807) is 74.5 Å². The van der Waals surface area contributed by atoms with E-state index in [-0.39, 0.29) is 5.75 Å². The smallest absolute Gasteiger partial charge is 0.195 e. The molecule has 0 heterocycles. The topological polar surface area (TPSA) is 93.1 Å². The molecule has 0 spiro atoms. The molecule has 51 heavy (non-hydrogen) atoms. The van der Waals surface area contributed by atoms with Crippen LogP contribution in [0.3, 0.4) is 0 Å². The molecule has 0 aromatic heterocycles. The molecule has 6 aromatic carbocycles. The van der Waals surface area contributed by atoms with Crippen molar-refractivity contribution in [1.82, 2.24) is 0 Å². The highest BCUT2D eigenvalue weighted by Crippen LogP contribution is 2.35. The lowest BCUT2D eigenvalue weighted by Gasteiger charge is -2.30. The van der Waals surface area contributed by atoms with E-state index in [0.717, 1.165) is 33.4 Å². The van der Waals surface area contributed by atoms with Gasteiger partial charge in [-0.25, -0.2) is 9.00 Å². The maximum atomic E-state index is 14.0. The van der Waals surface area contributed by atoms with Crippen molar-refractivity contribution in [1.29, 1.82) is 0 Å². The van der Waals surface area contributed by atoms with Crippen LogP contribution in [0, 0.1) is 0 Å². The molecule has 0 aliphatic carbocycles. The quantitative estimate of drug-likeness (QED) is 0.131. The number of hydrogen-bond donors (Lipinski definition) is 2. The molecule has 0 fully saturated rings. The fraction of sp³-hybridized carbons (Fsp3) is 0.159. The Morgan fingerprint density at radius 1 is 0.569 bits per heavy atom. The minimum Gasteiger partial charge on any atom is -0.508 e. The van der Waals surface area contributed by atoms with E-state index < -0.39 is 20.7 Å². The summed E-state index contributed by atoms with van der Waals surface area (Å²) in [5, 5.41) is 21.6. The number of phenols is 1. The van der Waals surface area contributed by atoms with Crippen molar-refractivity contribution in [3.63, 3.8) is 0 Å². The van der Waals surface area contributed by atoms with Crippen LogP contribution in [0.4, 0.5) is 0 Å². The molecule has 0 amide bonds.